The Balaban J connectivity index is 2.27. The fraction of sp³-hybridized carbons (Fsp3) is 0.500. The number of ether oxygens (including phenoxy) is 2. The summed E-state index contributed by atoms with van der Waals surface area (Å²) in [6, 6.07) is 9.00. The molecule has 0 radical (unpaired) electrons. The second kappa shape index (κ2) is 10.5. The molecule has 9 heteroatoms. The number of nitrogens with one attached hydrogen (secondary N) is 1. The molecule has 1 aromatic rings. The van der Waals surface area contributed by atoms with Crippen LogP contribution in [0.3, 0.4) is 0 Å². The lowest BCUT2D eigenvalue weighted by molar-refractivity contribution is -0.177. The minimum Gasteiger partial charge on any atom is -0.481 e. The fourth-order valence-electron chi connectivity index (χ4n) is 1.99. The van der Waals surface area contributed by atoms with Gasteiger partial charge in [0.1, 0.15) is 13.2 Å². The lowest BCUT2D eigenvalue weighted by atomic mass is 10.0. The van der Waals surface area contributed by atoms with Gasteiger partial charge in [-0.05, 0) is 17.9 Å². The van der Waals surface area contributed by atoms with Crippen LogP contribution in [0.15, 0.2) is 30.3 Å². The van der Waals surface area contributed by atoms with Gasteiger partial charge in [0.2, 0.25) is 0 Å². The van der Waals surface area contributed by atoms with Crippen LogP contribution in [0, 0.1) is 5.92 Å². The summed E-state index contributed by atoms with van der Waals surface area (Å²) in [5, 5.41) is 11.2. The van der Waals surface area contributed by atoms with Gasteiger partial charge in [-0.2, -0.15) is 13.2 Å². The standard InChI is InChI=1S/C16H20F3NO5/c17-16(18,19)11-24-9-13(8-14(21)22)6-7-20-15(23)25-10-12-4-2-1-3-5-12/h1-5,13H,6-11H2,(H,20,23)(H,21,22)/t13-/m0/s1. The quantitative estimate of drug-likeness (QED) is 0.668. The van der Waals surface area contributed by atoms with E-state index < -0.39 is 30.8 Å². The zero-order chi connectivity index (χ0) is 18.7. The van der Waals surface area contributed by atoms with Crippen LogP contribution in [0.1, 0.15) is 18.4 Å². The van der Waals surface area contributed by atoms with Crippen molar-refractivity contribution in [1.82, 2.24) is 5.32 Å². The molecule has 0 bridgehead atoms. The third kappa shape index (κ3) is 11.0. The normalized spacial score (nSPS) is 12.4. The van der Waals surface area contributed by atoms with Crippen LogP contribution in [0.5, 0.6) is 0 Å². The molecular formula is C16H20F3NO5. The summed E-state index contributed by atoms with van der Waals surface area (Å²) in [5.41, 5.74) is 0.807. The van der Waals surface area contributed by atoms with E-state index in [-0.39, 0.29) is 32.6 Å². The van der Waals surface area contributed by atoms with E-state index in [9.17, 15) is 22.8 Å². The molecule has 1 atom stereocenters. The molecule has 0 unspecified atom stereocenters. The number of carboxylic acid groups (broad SMARTS) is 1. The predicted octanol–water partition coefficient (Wildman–Crippen LogP) is 2.97. The molecule has 0 saturated carbocycles. The number of halogens is 3. The lowest BCUT2D eigenvalue weighted by Crippen LogP contribution is -2.29. The Labute approximate surface area is 142 Å². The number of alkyl halides is 3. The lowest BCUT2D eigenvalue weighted by Gasteiger charge is -2.16. The third-order valence-electron chi connectivity index (χ3n) is 3.12. The number of carbonyl (C=O) groups excluding carboxylic acids is 1. The Morgan fingerprint density at radius 1 is 1.20 bits per heavy atom. The number of carboxylic acids is 1. The maximum absolute atomic E-state index is 12.0. The maximum atomic E-state index is 12.0. The molecule has 140 valence electrons. The van der Waals surface area contributed by atoms with E-state index >= 15 is 0 Å². The molecule has 1 rings (SSSR count). The first-order valence-corrected chi connectivity index (χ1v) is 7.57. The van der Waals surface area contributed by atoms with E-state index in [1.54, 1.807) is 24.3 Å². The van der Waals surface area contributed by atoms with Crippen LogP contribution in [0.25, 0.3) is 0 Å². The first-order chi connectivity index (χ1) is 11.8. The minimum atomic E-state index is -4.47. The van der Waals surface area contributed by atoms with Crippen LogP contribution >= 0.6 is 0 Å². The van der Waals surface area contributed by atoms with Gasteiger partial charge >= 0.3 is 18.2 Å². The summed E-state index contributed by atoms with van der Waals surface area (Å²) in [7, 11) is 0. The van der Waals surface area contributed by atoms with Gasteiger partial charge in [-0.15, -0.1) is 0 Å². The van der Waals surface area contributed by atoms with Crippen molar-refractivity contribution in [1.29, 1.82) is 0 Å². The van der Waals surface area contributed by atoms with Crippen LogP contribution in [0.4, 0.5) is 18.0 Å². The molecule has 0 aliphatic heterocycles. The Morgan fingerprint density at radius 3 is 2.48 bits per heavy atom. The average Bonchev–Trinajstić information content (AvgIpc) is 2.52. The van der Waals surface area contributed by atoms with Crippen molar-refractivity contribution in [2.24, 2.45) is 5.92 Å². The molecular weight excluding hydrogens is 343 g/mol. The molecule has 25 heavy (non-hydrogen) atoms. The molecule has 0 aliphatic carbocycles. The maximum Gasteiger partial charge on any atom is 0.411 e. The Bertz CT molecular complexity index is 536. The summed E-state index contributed by atoms with van der Waals surface area (Å²) in [4.78, 5) is 22.3. The Hall–Kier alpha value is -2.29. The van der Waals surface area contributed by atoms with Gasteiger partial charge in [-0.3, -0.25) is 4.79 Å². The number of hydrogen-bond donors (Lipinski definition) is 2. The van der Waals surface area contributed by atoms with E-state index in [2.05, 4.69) is 10.1 Å². The molecule has 1 aromatic carbocycles. The van der Waals surface area contributed by atoms with Gasteiger partial charge in [0, 0.05) is 6.54 Å². The first kappa shape index (κ1) is 20.8. The van der Waals surface area contributed by atoms with Crippen molar-refractivity contribution < 1.29 is 37.3 Å². The fourth-order valence-corrected chi connectivity index (χ4v) is 1.99. The highest BCUT2D eigenvalue weighted by atomic mass is 19.4. The molecule has 0 heterocycles. The van der Waals surface area contributed by atoms with E-state index in [1.807, 2.05) is 6.07 Å². The average molecular weight is 363 g/mol. The number of carbonyl (C=O) groups is 2. The van der Waals surface area contributed by atoms with Gasteiger partial charge in [0.25, 0.3) is 0 Å². The zero-order valence-corrected chi connectivity index (χ0v) is 13.4. The highest BCUT2D eigenvalue weighted by Gasteiger charge is 2.28. The van der Waals surface area contributed by atoms with Crippen molar-refractivity contribution in [2.75, 3.05) is 19.8 Å². The summed E-state index contributed by atoms with van der Waals surface area (Å²) in [6.45, 7) is -1.64. The Kier molecular flexibility index (Phi) is 8.76. The zero-order valence-electron chi connectivity index (χ0n) is 13.4. The summed E-state index contributed by atoms with van der Waals surface area (Å²) < 4.78 is 45.6. The van der Waals surface area contributed by atoms with Crippen molar-refractivity contribution in [3.63, 3.8) is 0 Å². The van der Waals surface area contributed by atoms with Gasteiger partial charge in [0.05, 0.1) is 13.0 Å². The molecule has 0 saturated heterocycles. The number of hydrogen-bond acceptors (Lipinski definition) is 4. The third-order valence-corrected chi connectivity index (χ3v) is 3.12. The molecule has 6 nitrogen and oxygen atoms in total. The largest absolute Gasteiger partial charge is 0.481 e. The number of alkyl carbamates (subject to hydrolysis) is 1. The van der Waals surface area contributed by atoms with E-state index in [0.717, 1.165) is 5.56 Å². The van der Waals surface area contributed by atoms with E-state index in [0.29, 0.717) is 0 Å². The number of aliphatic carboxylic acids is 1. The van der Waals surface area contributed by atoms with Crippen molar-refractivity contribution in [3.8, 4) is 0 Å². The molecule has 0 fully saturated rings. The second-order valence-corrected chi connectivity index (χ2v) is 5.37. The number of rotatable bonds is 10. The first-order valence-electron chi connectivity index (χ1n) is 7.57. The number of benzene rings is 1. The summed E-state index contributed by atoms with van der Waals surface area (Å²) in [5.74, 6) is -1.79. The summed E-state index contributed by atoms with van der Waals surface area (Å²) >= 11 is 0. The monoisotopic (exact) mass is 363 g/mol. The molecule has 1 amide bonds. The van der Waals surface area contributed by atoms with Gasteiger partial charge in [-0.1, -0.05) is 30.3 Å². The van der Waals surface area contributed by atoms with Gasteiger partial charge < -0.3 is 19.9 Å². The van der Waals surface area contributed by atoms with Gasteiger partial charge in [0.15, 0.2) is 0 Å². The molecule has 0 aromatic heterocycles. The van der Waals surface area contributed by atoms with Gasteiger partial charge in [-0.25, -0.2) is 4.79 Å². The van der Waals surface area contributed by atoms with Crippen molar-refractivity contribution >= 4 is 12.1 Å². The Morgan fingerprint density at radius 2 is 1.88 bits per heavy atom. The van der Waals surface area contributed by atoms with Crippen molar-refractivity contribution in [2.45, 2.75) is 25.6 Å². The van der Waals surface area contributed by atoms with Crippen LogP contribution in [-0.4, -0.2) is 43.1 Å². The highest BCUT2D eigenvalue weighted by molar-refractivity contribution is 5.67. The minimum absolute atomic E-state index is 0.0704. The topological polar surface area (TPSA) is 84.9 Å². The SMILES string of the molecule is O=C(O)C[C@H](CCNC(=O)OCc1ccccc1)COCC(F)(F)F. The molecule has 0 aliphatic rings. The number of amides is 1. The second-order valence-electron chi connectivity index (χ2n) is 5.37. The smallest absolute Gasteiger partial charge is 0.411 e. The van der Waals surface area contributed by atoms with E-state index in [1.165, 1.54) is 0 Å². The highest BCUT2D eigenvalue weighted by Crippen LogP contribution is 2.16. The molecule has 2 N–H and O–H groups in total. The van der Waals surface area contributed by atoms with Crippen molar-refractivity contribution in [3.05, 3.63) is 35.9 Å². The predicted molar refractivity (Wildman–Crippen MR) is 81.9 cm³/mol. The van der Waals surface area contributed by atoms with Crippen LogP contribution in [0.2, 0.25) is 0 Å². The van der Waals surface area contributed by atoms with E-state index in [4.69, 9.17) is 9.84 Å². The molecule has 0 spiro atoms. The summed E-state index contributed by atoms with van der Waals surface area (Å²) in [6.07, 6.45) is -5.34. The van der Waals surface area contributed by atoms with Crippen LogP contribution in [-0.2, 0) is 20.9 Å². The van der Waals surface area contributed by atoms with Crippen LogP contribution < -0.4 is 5.32 Å².